The first-order chi connectivity index (χ1) is 11.7. The third kappa shape index (κ3) is 2.70. The molecule has 0 aliphatic heterocycles. The van der Waals surface area contributed by atoms with Gasteiger partial charge < -0.3 is 0 Å². The van der Waals surface area contributed by atoms with Gasteiger partial charge in [-0.25, -0.2) is 4.57 Å². The number of hydrogen-bond acceptors (Lipinski definition) is 0. The maximum Gasteiger partial charge on any atom is 0.212 e. The molecule has 0 spiro atoms. The quantitative estimate of drug-likeness (QED) is 0.712. The van der Waals surface area contributed by atoms with Crippen molar-refractivity contribution in [3.05, 3.63) is 52.7 Å². The van der Waals surface area contributed by atoms with Crippen LogP contribution in [0.15, 0.2) is 30.5 Å². The fraction of sp³-hybridized carbons (Fsp3) is 0.389. The van der Waals surface area contributed by atoms with Crippen molar-refractivity contribution >= 4 is 0 Å². The predicted molar refractivity (Wildman–Crippen MR) is 81.4 cm³/mol. The van der Waals surface area contributed by atoms with Gasteiger partial charge >= 0.3 is 0 Å². The van der Waals surface area contributed by atoms with E-state index in [-0.39, 0.29) is 0 Å². The van der Waals surface area contributed by atoms with Crippen LogP contribution in [0.1, 0.15) is 51.5 Å². The minimum atomic E-state index is -2.43. The summed E-state index contributed by atoms with van der Waals surface area (Å²) in [4.78, 5) is 0. The molecule has 1 nitrogen and oxygen atoms in total. The van der Waals surface area contributed by atoms with Crippen LogP contribution >= 0.6 is 0 Å². The maximum atomic E-state index is 8.23. The van der Waals surface area contributed by atoms with Gasteiger partial charge in [-0.2, -0.15) is 0 Å². The Morgan fingerprint density at radius 3 is 2.58 bits per heavy atom. The second-order valence-electron chi connectivity index (χ2n) is 5.02. The smallest absolute Gasteiger partial charge is 0.201 e. The molecule has 19 heavy (non-hydrogen) atoms. The highest BCUT2D eigenvalue weighted by atomic mass is 14.9. The second-order valence-corrected chi connectivity index (χ2v) is 5.02. The van der Waals surface area contributed by atoms with E-state index in [1.54, 1.807) is 42.9 Å². The summed E-state index contributed by atoms with van der Waals surface area (Å²) < 4.78 is 55.7. The number of nitrogens with zero attached hydrogens (tertiary/aromatic N) is 1. The molecule has 1 heterocycles. The standard InChI is InChI=1S/C18H24N/c1-12(2)16-7-8-17(14(4)9-16)18-10-13(3)15(5)11-19(18)6/h7-12H,1-6H3/q+1/i1D3,5D3,12D. The Hall–Kier alpha value is -1.63. The second kappa shape index (κ2) is 5.16. The van der Waals surface area contributed by atoms with Gasteiger partial charge in [0.15, 0.2) is 6.20 Å². The first kappa shape index (κ1) is 7.23. The predicted octanol–water partition coefficient (Wildman–Crippen LogP) is 4.23. The van der Waals surface area contributed by atoms with Gasteiger partial charge in [0.2, 0.25) is 5.69 Å². The topological polar surface area (TPSA) is 3.88 Å². The molecule has 0 fully saturated rings. The van der Waals surface area contributed by atoms with Crippen LogP contribution in [0, 0.1) is 20.7 Å². The number of hydrogen-bond donors (Lipinski definition) is 0. The number of aromatic nitrogens is 1. The summed E-state index contributed by atoms with van der Waals surface area (Å²) in [6.07, 6.45) is 1.61. The van der Waals surface area contributed by atoms with E-state index in [0.29, 0.717) is 16.7 Å². The lowest BCUT2D eigenvalue weighted by Crippen LogP contribution is -2.31. The van der Waals surface area contributed by atoms with Crippen LogP contribution in [0.4, 0.5) is 0 Å². The lowest BCUT2D eigenvalue weighted by molar-refractivity contribution is -0.660. The van der Waals surface area contributed by atoms with E-state index in [1.807, 2.05) is 13.0 Å². The zero-order valence-electron chi connectivity index (χ0n) is 18.8. The van der Waals surface area contributed by atoms with Crippen molar-refractivity contribution < 1.29 is 14.2 Å². The highest BCUT2D eigenvalue weighted by molar-refractivity contribution is 5.62. The maximum absolute atomic E-state index is 8.23. The fourth-order valence-electron chi connectivity index (χ4n) is 2.20. The molecule has 0 N–H and O–H groups in total. The SMILES string of the molecule is [2H]C([2H])([2H])c1c[n+](C)c(-c2ccc(C([2H])(C)C([2H])([2H])[2H])cc2C)cc1C. The molecule has 1 aromatic carbocycles. The molecule has 1 unspecified atom stereocenters. The lowest BCUT2D eigenvalue weighted by Gasteiger charge is -2.11. The zero-order valence-corrected chi connectivity index (χ0v) is 11.8. The third-order valence-electron chi connectivity index (χ3n) is 3.42. The van der Waals surface area contributed by atoms with Crippen LogP contribution in [-0.2, 0) is 7.05 Å². The molecule has 1 heteroatoms. The van der Waals surface area contributed by atoms with Crippen LogP contribution < -0.4 is 4.57 Å². The first-order valence-electron chi connectivity index (χ1n) is 9.78. The van der Waals surface area contributed by atoms with Crippen LogP contribution in [0.3, 0.4) is 0 Å². The Labute approximate surface area is 126 Å². The number of aryl methyl sites for hydroxylation is 4. The van der Waals surface area contributed by atoms with Crippen molar-refractivity contribution in [2.75, 3.05) is 0 Å². The minimum absolute atomic E-state index is 0.305. The molecule has 1 atom stereocenters. The van der Waals surface area contributed by atoms with E-state index in [9.17, 15) is 0 Å². The molecule has 0 amide bonds. The van der Waals surface area contributed by atoms with Crippen LogP contribution in [0.5, 0.6) is 0 Å². The van der Waals surface area contributed by atoms with Crippen LogP contribution in [-0.4, -0.2) is 0 Å². The van der Waals surface area contributed by atoms with Gasteiger partial charge in [-0.05, 0) is 49.4 Å². The van der Waals surface area contributed by atoms with E-state index in [1.165, 1.54) is 6.92 Å². The number of benzene rings is 1. The van der Waals surface area contributed by atoms with E-state index in [0.717, 1.165) is 16.8 Å². The van der Waals surface area contributed by atoms with Crippen LogP contribution in [0.25, 0.3) is 11.3 Å². The molecule has 0 aliphatic carbocycles. The van der Waals surface area contributed by atoms with Crippen molar-refractivity contribution in [1.82, 2.24) is 0 Å². The highest BCUT2D eigenvalue weighted by Gasteiger charge is 2.14. The lowest BCUT2D eigenvalue weighted by atomic mass is 9.95. The summed E-state index contributed by atoms with van der Waals surface area (Å²) in [5, 5.41) is 0. The minimum Gasteiger partial charge on any atom is -0.201 e. The van der Waals surface area contributed by atoms with E-state index in [2.05, 4.69) is 0 Å². The van der Waals surface area contributed by atoms with E-state index >= 15 is 0 Å². The molecule has 0 radical (unpaired) electrons. The largest absolute Gasteiger partial charge is 0.212 e. The summed E-state index contributed by atoms with van der Waals surface area (Å²) in [6.45, 7) is 0.422. The molecule has 1 aromatic heterocycles. The van der Waals surface area contributed by atoms with Gasteiger partial charge in [-0.3, -0.25) is 0 Å². The molecule has 2 rings (SSSR count). The summed E-state index contributed by atoms with van der Waals surface area (Å²) in [6, 6.07) is 7.01. The van der Waals surface area contributed by atoms with Gasteiger partial charge in [0, 0.05) is 26.8 Å². The monoisotopic (exact) mass is 261 g/mol. The van der Waals surface area contributed by atoms with Gasteiger partial charge in [-0.15, -0.1) is 0 Å². The fourth-order valence-corrected chi connectivity index (χ4v) is 2.20. The Bertz CT molecular complexity index is 833. The average molecular weight is 261 g/mol. The average Bonchev–Trinajstić information content (AvgIpc) is 2.47. The van der Waals surface area contributed by atoms with Gasteiger partial charge in [0.1, 0.15) is 7.05 Å². The van der Waals surface area contributed by atoms with Crippen LogP contribution in [0.2, 0.25) is 0 Å². The van der Waals surface area contributed by atoms with Crippen molar-refractivity contribution in [2.45, 2.75) is 40.4 Å². The van der Waals surface area contributed by atoms with Crippen molar-refractivity contribution in [3.8, 4) is 11.3 Å². The van der Waals surface area contributed by atoms with E-state index < -0.39 is 19.6 Å². The van der Waals surface area contributed by atoms with Gasteiger partial charge in [0.05, 0.1) is 0 Å². The molecule has 0 saturated carbocycles. The number of rotatable bonds is 2. The third-order valence-corrected chi connectivity index (χ3v) is 3.42. The zero-order chi connectivity index (χ0) is 20.1. The Morgan fingerprint density at radius 2 is 1.95 bits per heavy atom. The molecule has 100 valence electrons. The van der Waals surface area contributed by atoms with E-state index in [4.69, 9.17) is 9.60 Å². The summed E-state index contributed by atoms with van der Waals surface area (Å²) in [5.41, 5.74) is 3.95. The first-order valence-corrected chi connectivity index (χ1v) is 6.28. The van der Waals surface area contributed by atoms with Crippen molar-refractivity contribution in [1.29, 1.82) is 0 Å². The molecular formula is C18H24N+. The molecule has 0 bridgehead atoms. The molecule has 0 saturated heterocycles. The Balaban J connectivity index is 2.57. The molecule has 0 aliphatic rings. The van der Waals surface area contributed by atoms with Crippen molar-refractivity contribution in [3.63, 3.8) is 0 Å². The highest BCUT2D eigenvalue weighted by Crippen LogP contribution is 2.25. The van der Waals surface area contributed by atoms with Crippen molar-refractivity contribution in [2.24, 2.45) is 7.05 Å². The number of pyridine rings is 1. The summed E-state index contributed by atoms with van der Waals surface area (Å²) >= 11 is 0. The Morgan fingerprint density at radius 1 is 1.16 bits per heavy atom. The molecular weight excluding hydrogens is 230 g/mol. The normalized spacial score (nSPS) is 20.9. The summed E-state index contributed by atoms with van der Waals surface area (Å²) in [5.74, 6) is -1.69. The molecule has 2 aromatic rings. The van der Waals surface area contributed by atoms with Gasteiger partial charge in [-0.1, -0.05) is 25.9 Å². The Kier molecular flexibility index (Phi) is 1.96. The summed E-state index contributed by atoms with van der Waals surface area (Å²) in [7, 11) is 1.79. The van der Waals surface area contributed by atoms with Gasteiger partial charge in [0.25, 0.3) is 0 Å².